The zero-order valence-electron chi connectivity index (χ0n) is 16.5. The van der Waals surface area contributed by atoms with Gasteiger partial charge in [-0.05, 0) is 17.7 Å². The number of rotatable bonds is 5. The monoisotopic (exact) mass is 394 g/mol. The normalized spacial score (nSPS) is 23.3. The fraction of sp³-hybridized carbons (Fsp3) is 0.391. The first-order valence-corrected chi connectivity index (χ1v) is 10.0. The SMILES string of the molecule is COCCC(=O)N1C[C@@H]2CN(C(=O)c3ccccc3O)C[C@@H]2[C@H]1c1ccccc1. The number of para-hydroxylation sites is 1. The first-order valence-electron chi connectivity index (χ1n) is 10.0. The summed E-state index contributed by atoms with van der Waals surface area (Å²) in [6.45, 7) is 2.21. The first kappa shape index (κ1) is 19.5. The van der Waals surface area contributed by atoms with E-state index in [2.05, 4.69) is 12.1 Å². The zero-order chi connectivity index (χ0) is 20.4. The third-order valence-electron chi connectivity index (χ3n) is 6.07. The molecule has 3 atom stereocenters. The fourth-order valence-corrected chi connectivity index (χ4v) is 4.70. The van der Waals surface area contributed by atoms with Crippen molar-refractivity contribution in [1.29, 1.82) is 0 Å². The minimum atomic E-state index is -0.151. The molecule has 2 saturated heterocycles. The second-order valence-electron chi connectivity index (χ2n) is 7.80. The van der Waals surface area contributed by atoms with Gasteiger partial charge >= 0.3 is 0 Å². The van der Waals surface area contributed by atoms with Gasteiger partial charge in [0, 0.05) is 38.6 Å². The Labute approximate surface area is 170 Å². The Morgan fingerprint density at radius 2 is 1.76 bits per heavy atom. The van der Waals surface area contributed by atoms with Crippen molar-refractivity contribution in [3.63, 3.8) is 0 Å². The molecule has 0 spiro atoms. The van der Waals surface area contributed by atoms with Crippen molar-refractivity contribution in [2.24, 2.45) is 11.8 Å². The van der Waals surface area contributed by atoms with E-state index in [-0.39, 0.29) is 35.4 Å². The average molecular weight is 394 g/mol. The highest BCUT2D eigenvalue weighted by Crippen LogP contribution is 2.45. The number of aromatic hydroxyl groups is 1. The molecule has 2 heterocycles. The number of nitrogens with zero attached hydrogens (tertiary/aromatic N) is 2. The van der Waals surface area contributed by atoms with Crippen LogP contribution in [-0.2, 0) is 9.53 Å². The number of carbonyl (C=O) groups is 2. The predicted octanol–water partition coefficient (Wildman–Crippen LogP) is 2.70. The summed E-state index contributed by atoms with van der Waals surface area (Å²) in [5.41, 5.74) is 1.43. The van der Waals surface area contributed by atoms with E-state index in [0.717, 1.165) is 5.56 Å². The number of hydrogen-bond donors (Lipinski definition) is 1. The van der Waals surface area contributed by atoms with Gasteiger partial charge in [-0.2, -0.15) is 0 Å². The molecule has 0 saturated carbocycles. The van der Waals surface area contributed by atoms with Crippen LogP contribution in [-0.4, -0.2) is 60.1 Å². The van der Waals surface area contributed by atoms with Gasteiger partial charge in [0.25, 0.3) is 5.91 Å². The number of ether oxygens (including phenoxy) is 1. The number of hydrogen-bond acceptors (Lipinski definition) is 4. The fourth-order valence-electron chi connectivity index (χ4n) is 4.70. The molecule has 29 heavy (non-hydrogen) atoms. The van der Waals surface area contributed by atoms with Crippen LogP contribution in [0, 0.1) is 11.8 Å². The third-order valence-corrected chi connectivity index (χ3v) is 6.07. The number of fused-ring (bicyclic) bond motifs is 1. The van der Waals surface area contributed by atoms with Crippen molar-refractivity contribution in [3.8, 4) is 5.75 Å². The largest absolute Gasteiger partial charge is 0.507 e. The summed E-state index contributed by atoms with van der Waals surface area (Å²) in [4.78, 5) is 29.6. The molecule has 6 heteroatoms. The van der Waals surface area contributed by atoms with Crippen LogP contribution in [0.3, 0.4) is 0 Å². The van der Waals surface area contributed by atoms with Crippen LogP contribution in [0.5, 0.6) is 5.75 Å². The lowest BCUT2D eigenvalue weighted by Crippen LogP contribution is -2.37. The van der Waals surface area contributed by atoms with Gasteiger partial charge in [-0.15, -0.1) is 0 Å². The highest BCUT2D eigenvalue weighted by Gasteiger charge is 2.50. The van der Waals surface area contributed by atoms with Crippen molar-refractivity contribution in [2.75, 3.05) is 33.4 Å². The Balaban J connectivity index is 1.57. The molecule has 2 fully saturated rings. The van der Waals surface area contributed by atoms with Crippen molar-refractivity contribution >= 4 is 11.8 Å². The van der Waals surface area contributed by atoms with Crippen molar-refractivity contribution in [1.82, 2.24) is 9.80 Å². The van der Waals surface area contributed by atoms with E-state index >= 15 is 0 Å². The smallest absolute Gasteiger partial charge is 0.257 e. The van der Waals surface area contributed by atoms with Crippen molar-refractivity contribution in [2.45, 2.75) is 12.5 Å². The number of phenolic OH excluding ortho intramolecular Hbond substituents is 1. The summed E-state index contributed by atoms with van der Waals surface area (Å²) in [6, 6.07) is 16.7. The Hall–Kier alpha value is -2.86. The number of likely N-dealkylation sites (tertiary alicyclic amines) is 2. The number of methoxy groups -OCH3 is 1. The van der Waals surface area contributed by atoms with E-state index in [1.54, 1.807) is 25.3 Å². The first-order chi connectivity index (χ1) is 14.1. The quantitative estimate of drug-likeness (QED) is 0.847. The van der Waals surface area contributed by atoms with E-state index in [1.165, 1.54) is 6.07 Å². The van der Waals surface area contributed by atoms with Gasteiger partial charge in [0.1, 0.15) is 5.75 Å². The average Bonchev–Trinajstić information content (AvgIpc) is 3.30. The summed E-state index contributed by atoms with van der Waals surface area (Å²) in [7, 11) is 1.60. The lowest BCUT2D eigenvalue weighted by atomic mass is 9.89. The lowest BCUT2D eigenvalue weighted by Gasteiger charge is -2.30. The molecule has 4 rings (SSSR count). The molecular weight excluding hydrogens is 368 g/mol. The lowest BCUT2D eigenvalue weighted by molar-refractivity contribution is -0.133. The second-order valence-corrected chi connectivity index (χ2v) is 7.80. The minimum Gasteiger partial charge on any atom is -0.507 e. The predicted molar refractivity (Wildman–Crippen MR) is 108 cm³/mol. The molecule has 1 N–H and O–H groups in total. The Kier molecular flexibility index (Phi) is 5.53. The maximum absolute atomic E-state index is 13.0. The summed E-state index contributed by atoms with van der Waals surface area (Å²) in [5.74, 6) is 0.348. The van der Waals surface area contributed by atoms with Crippen LogP contribution in [0.15, 0.2) is 54.6 Å². The molecule has 0 unspecified atom stereocenters. The molecule has 2 aliphatic rings. The van der Waals surface area contributed by atoms with E-state index < -0.39 is 0 Å². The Morgan fingerprint density at radius 3 is 2.48 bits per heavy atom. The Morgan fingerprint density at radius 1 is 1.03 bits per heavy atom. The van der Waals surface area contributed by atoms with Crippen molar-refractivity contribution < 1.29 is 19.4 Å². The molecule has 0 aliphatic carbocycles. The van der Waals surface area contributed by atoms with E-state index in [4.69, 9.17) is 4.74 Å². The maximum atomic E-state index is 13.0. The van der Waals surface area contributed by atoms with E-state index in [0.29, 0.717) is 38.2 Å². The molecule has 6 nitrogen and oxygen atoms in total. The number of carbonyl (C=O) groups excluding carboxylic acids is 2. The van der Waals surface area contributed by atoms with Crippen molar-refractivity contribution in [3.05, 3.63) is 65.7 Å². The van der Waals surface area contributed by atoms with Gasteiger partial charge < -0.3 is 19.6 Å². The van der Waals surface area contributed by atoms with Crippen LogP contribution < -0.4 is 0 Å². The molecule has 0 radical (unpaired) electrons. The molecule has 2 aliphatic heterocycles. The van der Waals surface area contributed by atoms with Crippen LogP contribution in [0.2, 0.25) is 0 Å². The van der Waals surface area contributed by atoms with Crippen LogP contribution >= 0.6 is 0 Å². The van der Waals surface area contributed by atoms with E-state index in [1.807, 2.05) is 28.0 Å². The van der Waals surface area contributed by atoms with Crippen LogP contribution in [0.1, 0.15) is 28.4 Å². The van der Waals surface area contributed by atoms with Gasteiger partial charge in [0.2, 0.25) is 5.91 Å². The topological polar surface area (TPSA) is 70.1 Å². The molecular formula is C23H26N2O4. The standard InChI is InChI=1S/C23H26N2O4/c1-29-12-11-21(27)25-14-17-13-24(23(28)18-9-5-6-10-20(18)26)15-19(17)22(25)16-7-3-2-4-8-16/h2-10,17,19,22,26H,11-15H2,1H3/t17-,19-,22+/m0/s1. The Bertz CT molecular complexity index is 885. The van der Waals surface area contributed by atoms with Gasteiger partial charge in [-0.1, -0.05) is 42.5 Å². The summed E-state index contributed by atoms with van der Waals surface area (Å²) in [6.07, 6.45) is 0.361. The molecule has 2 aromatic rings. The molecule has 0 aromatic heterocycles. The molecule has 152 valence electrons. The summed E-state index contributed by atoms with van der Waals surface area (Å²) in [5, 5.41) is 10.1. The number of benzene rings is 2. The molecule has 2 amide bonds. The van der Waals surface area contributed by atoms with Crippen LogP contribution in [0.25, 0.3) is 0 Å². The van der Waals surface area contributed by atoms with Gasteiger partial charge in [0.05, 0.1) is 24.6 Å². The van der Waals surface area contributed by atoms with Crippen LogP contribution in [0.4, 0.5) is 0 Å². The molecule has 0 bridgehead atoms. The van der Waals surface area contributed by atoms with E-state index in [9.17, 15) is 14.7 Å². The summed E-state index contributed by atoms with van der Waals surface area (Å²) >= 11 is 0. The highest BCUT2D eigenvalue weighted by atomic mass is 16.5. The molecule has 2 aromatic carbocycles. The van der Waals surface area contributed by atoms with Gasteiger partial charge in [0.15, 0.2) is 0 Å². The van der Waals surface area contributed by atoms with Gasteiger partial charge in [-0.25, -0.2) is 0 Å². The number of amides is 2. The second kappa shape index (κ2) is 8.25. The van der Waals surface area contributed by atoms with Gasteiger partial charge in [-0.3, -0.25) is 9.59 Å². The number of phenols is 1. The summed E-state index contributed by atoms with van der Waals surface area (Å²) < 4.78 is 5.09. The highest BCUT2D eigenvalue weighted by molar-refractivity contribution is 5.97. The third kappa shape index (κ3) is 3.72. The minimum absolute atomic E-state index is 0.00513. The zero-order valence-corrected chi connectivity index (χ0v) is 16.5. The maximum Gasteiger partial charge on any atom is 0.257 e.